The van der Waals surface area contributed by atoms with Crippen LogP contribution in [0, 0.1) is 5.82 Å². The van der Waals surface area contributed by atoms with Crippen molar-refractivity contribution in [2.75, 3.05) is 19.0 Å². The minimum atomic E-state index is -0.353. The molecule has 3 aromatic carbocycles. The highest BCUT2D eigenvalue weighted by molar-refractivity contribution is 6.03. The molecule has 1 aliphatic heterocycles. The number of ether oxygens (including phenoxy) is 1. The Morgan fingerprint density at radius 3 is 2.57 bits per heavy atom. The predicted octanol–water partition coefficient (Wildman–Crippen LogP) is 4.62. The summed E-state index contributed by atoms with van der Waals surface area (Å²) in [5.74, 6) is 0.215. The van der Waals surface area contributed by atoms with Gasteiger partial charge in [0.25, 0.3) is 5.91 Å². The number of amides is 1. The third-order valence-electron chi connectivity index (χ3n) is 5.04. The van der Waals surface area contributed by atoms with Gasteiger partial charge in [0.05, 0.1) is 25.4 Å². The number of carbonyl (C=O) groups is 1. The fraction of sp³-hybridized carbons (Fsp3) is 0.167. The summed E-state index contributed by atoms with van der Waals surface area (Å²) < 4.78 is 18.7. The van der Waals surface area contributed by atoms with Gasteiger partial charge in [0.2, 0.25) is 0 Å². The van der Waals surface area contributed by atoms with E-state index in [4.69, 9.17) is 4.74 Å². The van der Waals surface area contributed by atoms with E-state index in [9.17, 15) is 9.18 Å². The Bertz CT molecular complexity index is 1050. The average Bonchev–Trinajstić information content (AvgIpc) is 3.24. The Hall–Kier alpha value is -3.67. The van der Waals surface area contributed by atoms with Crippen molar-refractivity contribution in [3.8, 4) is 5.75 Å². The maximum atomic E-state index is 13.4. The van der Waals surface area contributed by atoms with E-state index in [0.29, 0.717) is 12.1 Å². The highest BCUT2D eigenvalue weighted by Crippen LogP contribution is 2.33. The van der Waals surface area contributed by atoms with E-state index >= 15 is 0 Å². The number of nitrogens with zero attached hydrogens (tertiary/aromatic N) is 2. The van der Waals surface area contributed by atoms with Crippen molar-refractivity contribution in [2.45, 2.75) is 12.5 Å². The van der Waals surface area contributed by atoms with Crippen molar-refractivity contribution in [1.29, 1.82) is 0 Å². The molecule has 0 saturated heterocycles. The van der Waals surface area contributed by atoms with Crippen LogP contribution in [0.15, 0.2) is 84.0 Å². The zero-order valence-electron chi connectivity index (χ0n) is 16.6. The van der Waals surface area contributed by atoms with Crippen LogP contribution in [0.5, 0.6) is 5.75 Å². The largest absolute Gasteiger partial charge is 0.497 e. The number of hydrazone groups is 1. The van der Waals surface area contributed by atoms with Crippen molar-refractivity contribution in [3.05, 3.63) is 95.8 Å². The van der Waals surface area contributed by atoms with Gasteiger partial charge >= 0.3 is 0 Å². The van der Waals surface area contributed by atoms with Crippen molar-refractivity contribution >= 4 is 17.3 Å². The molecule has 152 valence electrons. The third-order valence-corrected chi connectivity index (χ3v) is 5.04. The molecule has 0 bridgehead atoms. The van der Waals surface area contributed by atoms with Gasteiger partial charge in [0, 0.05) is 12.1 Å². The van der Waals surface area contributed by atoms with Crippen molar-refractivity contribution in [3.63, 3.8) is 0 Å². The number of benzene rings is 3. The van der Waals surface area contributed by atoms with E-state index in [1.165, 1.54) is 17.1 Å². The van der Waals surface area contributed by atoms with E-state index < -0.39 is 0 Å². The number of anilines is 1. The molecule has 0 fully saturated rings. The van der Waals surface area contributed by atoms with Gasteiger partial charge in [-0.05, 0) is 41.5 Å². The summed E-state index contributed by atoms with van der Waals surface area (Å²) in [6.45, 7) is 0.0156. The van der Waals surface area contributed by atoms with Gasteiger partial charge < -0.3 is 10.1 Å². The van der Waals surface area contributed by atoms with E-state index in [1.54, 1.807) is 19.2 Å². The number of carbonyl (C=O) groups excluding carboxylic acids is 1. The number of hydrogen-bond donors (Lipinski definition) is 1. The molecular formula is C24H22FN3O2. The predicted molar refractivity (Wildman–Crippen MR) is 115 cm³/mol. The van der Waals surface area contributed by atoms with Gasteiger partial charge in [0.15, 0.2) is 0 Å². The van der Waals surface area contributed by atoms with Crippen LogP contribution in [0.3, 0.4) is 0 Å². The fourth-order valence-electron chi connectivity index (χ4n) is 3.49. The van der Waals surface area contributed by atoms with Gasteiger partial charge in [-0.2, -0.15) is 5.10 Å². The summed E-state index contributed by atoms with van der Waals surface area (Å²) in [6, 6.07) is 23.3. The molecule has 30 heavy (non-hydrogen) atoms. The zero-order valence-corrected chi connectivity index (χ0v) is 16.6. The van der Waals surface area contributed by atoms with E-state index in [-0.39, 0.29) is 24.3 Å². The first-order chi connectivity index (χ1) is 14.6. The molecule has 0 aliphatic carbocycles. The van der Waals surface area contributed by atoms with Crippen LogP contribution in [-0.2, 0) is 4.79 Å². The number of rotatable bonds is 6. The Kier molecular flexibility index (Phi) is 5.75. The van der Waals surface area contributed by atoms with Crippen LogP contribution >= 0.6 is 0 Å². The summed E-state index contributed by atoms with van der Waals surface area (Å²) in [6.07, 6.45) is 0.613. The molecule has 0 spiro atoms. The number of hydrogen-bond acceptors (Lipinski definition) is 4. The maximum Gasteiger partial charge on any atom is 0.262 e. The second-order valence-corrected chi connectivity index (χ2v) is 7.01. The summed E-state index contributed by atoms with van der Waals surface area (Å²) in [4.78, 5) is 13.0. The molecule has 0 aromatic heterocycles. The molecule has 0 saturated carbocycles. The normalized spacial score (nSPS) is 15.6. The molecule has 1 aliphatic rings. The second kappa shape index (κ2) is 8.78. The molecule has 4 rings (SSSR count). The second-order valence-electron chi connectivity index (χ2n) is 7.01. The van der Waals surface area contributed by atoms with Gasteiger partial charge in [-0.1, -0.05) is 48.5 Å². The summed E-state index contributed by atoms with van der Waals surface area (Å²) in [5, 5.41) is 9.15. The minimum absolute atomic E-state index is 0.0156. The lowest BCUT2D eigenvalue weighted by molar-refractivity contribution is -0.131. The highest BCUT2D eigenvalue weighted by atomic mass is 19.1. The van der Waals surface area contributed by atoms with Crippen LogP contribution in [-0.4, -0.2) is 30.3 Å². The van der Waals surface area contributed by atoms with Crippen molar-refractivity contribution in [1.82, 2.24) is 5.01 Å². The van der Waals surface area contributed by atoms with Crippen LogP contribution < -0.4 is 10.1 Å². The molecular weight excluding hydrogens is 381 g/mol. The molecule has 0 unspecified atom stereocenters. The maximum absolute atomic E-state index is 13.4. The monoisotopic (exact) mass is 403 g/mol. The van der Waals surface area contributed by atoms with Crippen LogP contribution in [0.1, 0.15) is 23.6 Å². The quantitative estimate of drug-likeness (QED) is 0.653. The molecule has 1 N–H and O–H groups in total. The first kappa shape index (κ1) is 19.6. The first-order valence-electron chi connectivity index (χ1n) is 9.72. The SMILES string of the molecule is COc1ccc([C@@H]2CC(c3ccccc3)=NN2C(=O)CNc2cccc(F)c2)cc1. The van der Waals surface area contributed by atoms with Crippen molar-refractivity contribution < 1.29 is 13.9 Å². The Morgan fingerprint density at radius 2 is 1.87 bits per heavy atom. The lowest BCUT2D eigenvalue weighted by atomic mass is 9.98. The minimum Gasteiger partial charge on any atom is -0.497 e. The zero-order chi connectivity index (χ0) is 20.9. The van der Waals surface area contributed by atoms with Gasteiger partial charge in [-0.15, -0.1) is 0 Å². The molecule has 1 heterocycles. The molecule has 5 nitrogen and oxygen atoms in total. The van der Waals surface area contributed by atoms with Crippen LogP contribution in [0.25, 0.3) is 0 Å². The Labute approximate surface area is 174 Å². The molecule has 3 aromatic rings. The molecule has 1 amide bonds. The lowest BCUT2D eigenvalue weighted by Crippen LogP contribution is -2.32. The smallest absolute Gasteiger partial charge is 0.262 e. The average molecular weight is 403 g/mol. The number of nitrogens with one attached hydrogen (secondary N) is 1. The van der Waals surface area contributed by atoms with E-state index in [2.05, 4.69) is 10.4 Å². The van der Waals surface area contributed by atoms with Crippen molar-refractivity contribution in [2.24, 2.45) is 5.10 Å². The summed E-state index contributed by atoms with van der Waals surface area (Å²) in [5.41, 5.74) is 3.38. The van der Waals surface area contributed by atoms with Crippen LogP contribution in [0.2, 0.25) is 0 Å². The fourth-order valence-corrected chi connectivity index (χ4v) is 3.49. The van der Waals surface area contributed by atoms with E-state index in [1.807, 2.05) is 54.6 Å². The summed E-state index contributed by atoms with van der Waals surface area (Å²) >= 11 is 0. The molecule has 1 atom stereocenters. The lowest BCUT2D eigenvalue weighted by Gasteiger charge is -2.22. The Morgan fingerprint density at radius 1 is 1.10 bits per heavy atom. The Balaban J connectivity index is 1.57. The van der Waals surface area contributed by atoms with Gasteiger partial charge in [-0.25, -0.2) is 9.40 Å². The van der Waals surface area contributed by atoms with E-state index in [0.717, 1.165) is 22.6 Å². The van der Waals surface area contributed by atoms with Gasteiger partial charge in [-0.3, -0.25) is 4.79 Å². The molecule has 6 heteroatoms. The van der Waals surface area contributed by atoms with Crippen LogP contribution in [0.4, 0.5) is 10.1 Å². The first-order valence-corrected chi connectivity index (χ1v) is 9.72. The highest BCUT2D eigenvalue weighted by Gasteiger charge is 2.32. The third kappa shape index (κ3) is 4.33. The molecule has 0 radical (unpaired) electrons. The summed E-state index contributed by atoms with van der Waals surface area (Å²) in [7, 11) is 1.62. The topological polar surface area (TPSA) is 53.9 Å². The van der Waals surface area contributed by atoms with Gasteiger partial charge in [0.1, 0.15) is 11.6 Å². The number of methoxy groups -OCH3 is 1. The standard InChI is InChI=1S/C24H22FN3O2/c1-30-21-12-10-18(11-13-21)23-15-22(17-6-3-2-4-7-17)27-28(23)24(29)16-26-20-9-5-8-19(25)14-20/h2-14,23,26H,15-16H2,1H3/t23-/m0/s1. The number of halogens is 1.